The minimum Gasteiger partial charge on any atom is -0.394 e. The molecule has 0 fully saturated rings. The summed E-state index contributed by atoms with van der Waals surface area (Å²) < 4.78 is 27.6. The molecule has 0 heterocycles. The molecule has 0 aliphatic heterocycles. The molecular weight excluding hydrogens is 286 g/mol. The van der Waals surface area contributed by atoms with Crippen molar-refractivity contribution in [1.29, 1.82) is 0 Å². The van der Waals surface area contributed by atoms with Crippen LogP contribution in [-0.2, 0) is 10.0 Å². The van der Waals surface area contributed by atoms with Gasteiger partial charge in [0, 0.05) is 0 Å². The Labute approximate surface area is 125 Å². The van der Waals surface area contributed by atoms with Gasteiger partial charge in [0.25, 0.3) is 0 Å². The van der Waals surface area contributed by atoms with Crippen LogP contribution in [0, 0.1) is 13.8 Å². The van der Waals surface area contributed by atoms with Gasteiger partial charge in [-0.3, -0.25) is 0 Å². The molecule has 0 radical (unpaired) electrons. The highest BCUT2D eigenvalue weighted by molar-refractivity contribution is 7.89. The molecular formula is C16H19NO3S. The predicted octanol–water partition coefficient (Wildman–Crippen LogP) is 2.32. The monoisotopic (exact) mass is 305 g/mol. The molecule has 0 saturated carbocycles. The van der Waals surface area contributed by atoms with Crippen LogP contribution in [0.5, 0.6) is 0 Å². The van der Waals surface area contributed by atoms with Crippen molar-refractivity contribution < 1.29 is 13.5 Å². The number of aliphatic hydroxyl groups is 1. The fourth-order valence-corrected chi connectivity index (χ4v) is 3.69. The van der Waals surface area contributed by atoms with Crippen LogP contribution in [0.1, 0.15) is 22.7 Å². The maximum Gasteiger partial charge on any atom is 0.241 e. The van der Waals surface area contributed by atoms with Crippen molar-refractivity contribution in [1.82, 2.24) is 4.72 Å². The molecule has 0 bridgehead atoms. The van der Waals surface area contributed by atoms with E-state index in [0.29, 0.717) is 5.56 Å². The number of aliphatic hydroxyl groups excluding tert-OH is 1. The summed E-state index contributed by atoms with van der Waals surface area (Å²) in [6.07, 6.45) is 0. The zero-order valence-corrected chi connectivity index (χ0v) is 12.9. The first kappa shape index (κ1) is 15.7. The van der Waals surface area contributed by atoms with E-state index in [1.165, 1.54) is 0 Å². The van der Waals surface area contributed by atoms with Gasteiger partial charge in [0.2, 0.25) is 10.0 Å². The van der Waals surface area contributed by atoms with Gasteiger partial charge >= 0.3 is 0 Å². The summed E-state index contributed by atoms with van der Waals surface area (Å²) in [6, 6.07) is 13.7. The average molecular weight is 305 g/mol. The van der Waals surface area contributed by atoms with E-state index >= 15 is 0 Å². The van der Waals surface area contributed by atoms with Crippen LogP contribution >= 0.6 is 0 Å². The fourth-order valence-electron chi connectivity index (χ4n) is 2.14. The normalized spacial score (nSPS) is 13.1. The molecule has 4 nitrogen and oxygen atoms in total. The Morgan fingerprint density at radius 3 is 2.38 bits per heavy atom. The Morgan fingerprint density at radius 2 is 1.76 bits per heavy atom. The zero-order chi connectivity index (χ0) is 15.5. The van der Waals surface area contributed by atoms with Crippen LogP contribution < -0.4 is 4.72 Å². The number of hydrogen-bond acceptors (Lipinski definition) is 3. The lowest BCUT2D eigenvalue weighted by molar-refractivity contribution is 0.259. The summed E-state index contributed by atoms with van der Waals surface area (Å²) in [4.78, 5) is 0.247. The summed E-state index contributed by atoms with van der Waals surface area (Å²) in [5.74, 6) is 0. The minimum atomic E-state index is -3.68. The van der Waals surface area contributed by atoms with Crippen molar-refractivity contribution in [2.24, 2.45) is 0 Å². The molecule has 2 aromatic rings. The molecule has 0 aromatic heterocycles. The van der Waals surface area contributed by atoms with E-state index in [2.05, 4.69) is 4.72 Å². The number of hydrogen-bond donors (Lipinski definition) is 2. The fraction of sp³-hybridized carbons (Fsp3) is 0.250. The molecule has 5 heteroatoms. The van der Waals surface area contributed by atoms with E-state index in [-0.39, 0.29) is 11.5 Å². The second-order valence-corrected chi connectivity index (χ2v) is 6.72. The van der Waals surface area contributed by atoms with Gasteiger partial charge in [-0.1, -0.05) is 42.5 Å². The Morgan fingerprint density at radius 1 is 1.10 bits per heavy atom. The maximum atomic E-state index is 12.5. The minimum absolute atomic E-state index is 0.247. The van der Waals surface area contributed by atoms with Gasteiger partial charge in [0.1, 0.15) is 0 Å². The van der Waals surface area contributed by atoms with Crippen molar-refractivity contribution in [3.63, 3.8) is 0 Å². The molecule has 0 spiro atoms. The lowest BCUT2D eigenvalue weighted by Crippen LogP contribution is -2.31. The van der Waals surface area contributed by atoms with Gasteiger partial charge in [-0.15, -0.1) is 0 Å². The zero-order valence-electron chi connectivity index (χ0n) is 12.1. The van der Waals surface area contributed by atoms with Gasteiger partial charge < -0.3 is 5.11 Å². The van der Waals surface area contributed by atoms with E-state index in [4.69, 9.17) is 0 Å². The molecule has 2 N–H and O–H groups in total. The van der Waals surface area contributed by atoms with Crippen molar-refractivity contribution in [2.45, 2.75) is 24.8 Å². The van der Waals surface area contributed by atoms with Gasteiger partial charge in [0.05, 0.1) is 17.5 Å². The Hall–Kier alpha value is -1.69. The van der Waals surface area contributed by atoms with E-state index in [1.54, 1.807) is 31.2 Å². The molecule has 0 amide bonds. The molecule has 1 atom stereocenters. The quantitative estimate of drug-likeness (QED) is 0.891. The van der Waals surface area contributed by atoms with Crippen LogP contribution in [-0.4, -0.2) is 20.1 Å². The highest BCUT2D eigenvalue weighted by Gasteiger charge is 2.22. The molecule has 2 rings (SSSR count). The predicted molar refractivity (Wildman–Crippen MR) is 82.5 cm³/mol. The Bertz CT molecular complexity index is 712. The van der Waals surface area contributed by atoms with Crippen LogP contribution in [0.3, 0.4) is 0 Å². The molecule has 2 aromatic carbocycles. The largest absolute Gasteiger partial charge is 0.394 e. The number of sulfonamides is 1. The molecule has 0 aliphatic rings. The first-order valence-electron chi connectivity index (χ1n) is 6.69. The average Bonchev–Trinajstić information content (AvgIpc) is 2.48. The molecule has 112 valence electrons. The Kier molecular flexibility index (Phi) is 4.77. The lowest BCUT2D eigenvalue weighted by atomic mass is 10.1. The third kappa shape index (κ3) is 3.69. The third-order valence-corrected chi connectivity index (χ3v) is 4.93. The Balaban J connectivity index is 2.34. The van der Waals surface area contributed by atoms with Crippen molar-refractivity contribution >= 4 is 10.0 Å². The van der Waals surface area contributed by atoms with Crippen molar-refractivity contribution in [2.75, 3.05) is 6.61 Å². The van der Waals surface area contributed by atoms with Gasteiger partial charge in [-0.05, 0) is 36.6 Å². The molecule has 21 heavy (non-hydrogen) atoms. The summed E-state index contributed by atoms with van der Waals surface area (Å²) in [6.45, 7) is 3.30. The number of rotatable bonds is 5. The van der Waals surface area contributed by atoms with Crippen LogP contribution in [0.25, 0.3) is 0 Å². The standard InChI is InChI=1S/C16H19NO3S/c1-12-8-9-13(2)16(10-12)21(19,20)17-15(11-18)14-6-4-3-5-7-14/h3-10,15,17-18H,11H2,1-2H3/t15-/m0/s1. The second-order valence-electron chi connectivity index (χ2n) is 5.04. The first-order chi connectivity index (χ1) is 9.94. The SMILES string of the molecule is Cc1ccc(C)c(S(=O)(=O)N[C@@H](CO)c2ccccc2)c1. The maximum absolute atomic E-state index is 12.5. The molecule has 0 aliphatic carbocycles. The highest BCUT2D eigenvalue weighted by Crippen LogP contribution is 2.20. The van der Waals surface area contributed by atoms with E-state index in [0.717, 1.165) is 11.1 Å². The van der Waals surface area contributed by atoms with E-state index < -0.39 is 16.1 Å². The second kappa shape index (κ2) is 6.39. The summed E-state index contributed by atoms with van der Waals surface area (Å²) >= 11 is 0. The first-order valence-corrected chi connectivity index (χ1v) is 8.18. The van der Waals surface area contributed by atoms with Crippen LogP contribution in [0.4, 0.5) is 0 Å². The van der Waals surface area contributed by atoms with Crippen molar-refractivity contribution in [3.8, 4) is 0 Å². The topological polar surface area (TPSA) is 66.4 Å². The highest BCUT2D eigenvalue weighted by atomic mass is 32.2. The summed E-state index contributed by atoms with van der Waals surface area (Å²) in [5.41, 5.74) is 2.29. The van der Waals surface area contributed by atoms with Crippen molar-refractivity contribution in [3.05, 3.63) is 65.2 Å². The molecule has 0 unspecified atom stereocenters. The summed E-state index contributed by atoms with van der Waals surface area (Å²) in [5, 5.41) is 9.49. The number of aryl methyl sites for hydroxylation is 2. The van der Waals surface area contributed by atoms with Gasteiger partial charge in [0.15, 0.2) is 0 Å². The van der Waals surface area contributed by atoms with Gasteiger partial charge in [-0.25, -0.2) is 13.1 Å². The number of nitrogens with one attached hydrogen (secondary N) is 1. The van der Waals surface area contributed by atoms with Gasteiger partial charge in [-0.2, -0.15) is 0 Å². The van der Waals surface area contributed by atoms with Crippen LogP contribution in [0.15, 0.2) is 53.4 Å². The lowest BCUT2D eigenvalue weighted by Gasteiger charge is -2.18. The molecule has 0 saturated heterocycles. The van der Waals surface area contributed by atoms with E-state index in [1.807, 2.05) is 31.2 Å². The van der Waals surface area contributed by atoms with Crippen LogP contribution in [0.2, 0.25) is 0 Å². The number of benzene rings is 2. The summed E-state index contributed by atoms with van der Waals surface area (Å²) in [7, 11) is -3.68. The third-order valence-electron chi connectivity index (χ3n) is 3.32. The van der Waals surface area contributed by atoms with E-state index in [9.17, 15) is 13.5 Å². The smallest absolute Gasteiger partial charge is 0.241 e.